The summed E-state index contributed by atoms with van der Waals surface area (Å²) in [6, 6.07) is 1.54. The first-order valence-corrected chi connectivity index (χ1v) is 10.5. The Labute approximate surface area is 156 Å². The first-order chi connectivity index (χ1) is 12.5. The second-order valence-electron chi connectivity index (χ2n) is 8.94. The summed E-state index contributed by atoms with van der Waals surface area (Å²) in [5.74, 6) is 0.974. The fourth-order valence-corrected chi connectivity index (χ4v) is 6.41. The van der Waals surface area contributed by atoms with Gasteiger partial charge in [0.1, 0.15) is 0 Å². The molecule has 0 radical (unpaired) electrons. The molecule has 2 amide bonds. The van der Waals surface area contributed by atoms with Crippen molar-refractivity contribution in [2.45, 2.75) is 76.9 Å². The summed E-state index contributed by atoms with van der Waals surface area (Å²) in [7, 11) is 0. The lowest BCUT2D eigenvalue weighted by atomic mass is 9.54. The van der Waals surface area contributed by atoms with Crippen LogP contribution in [0.4, 0.5) is 4.79 Å². The minimum atomic E-state index is -0.759. The highest BCUT2D eigenvalue weighted by Gasteiger charge is 2.58. The quantitative estimate of drug-likeness (QED) is 0.780. The minimum absolute atomic E-state index is 0.232. The third kappa shape index (κ3) is 2.72. The summed E-state index contributed by atoms with van der Waals surface area (Å²) in [5.41, 5.74) is 0.232. The summed E-state index contributed by atoms with van der Waals surface area (Å²) in [5, 5.41) is 9.30. The van der Waals surface area contributed by atoms with Crippen molar-refractivity contribution in [2.75, 3.05) is 26.2 Å². The summed E-state index contributed by atoms with van der Waals surface area (Å²) in [4.78, 5) is 29.7. The van der Waals surface area contributed by atoms with Crippen LogP contribution in [0.1, 0.15) is 58.8 Å². The molecule has 1 spiro atoms. The summed E-state index contributed by atoms with van der Waals surface area (Å²) < 4.78 is 0. The Hall–Kier alpha value is -1.30. The van der Waals surface area contributed by atoms with Gasteiger partial charge in [-0.15, -0.1) is 0 Å². The van der Waals surface area contributed by atoms with Gasteiger partial charge in [-0.3, -0.25) is 9.69 Å². The van der Waals surface area contributed by atoms with Gasteiger partial charge < -0.3 is 14.9 Å². The van der Waals surface area contributed by atoms with Gasteiger partial charge in [0.2, 0.25) is 5.91 Å². The topological polar surface area (TPSA) is 64.1 Å². The number of carboxylic acid groups (broad SMARTS) is 1. The zero-order valence-corrected chi connectivity index (χ0v) is 16.2. The summed E-state index contributed by atoms with van der Waals surface area (Å²) >= 11 is 0. The van der Waals surface area contributed by atoms with Gasteiger partial charge in [-0.2, -0.15) is 0 Å². The molecule has 3 heterocycles. The second-order valence-corrected chi connectivity index (χ2v) is 8.94. The molecule has 3 aliphatic heterocycles. The smallest absolute Gasteiger partial charge is 0.407 e. The number of carbonyl (C=O) groups excluding carboxylic acids is 1. The van der Waals surface area contributed by atoms with Crippen molar-refractivity contribution in [1.29, 1.82) is 0 Å². The third-order valence-corrected chi connectivity index (χ3v) is 7.89. The molecule has 4 rings (SSSR count). The Kier molecular flexibility index (Phi) is 4.66. The number of likely N-dealkylation sites (tertiary alicyclic amines) is 3. The van der Waals surface area contributed by atoms with Gasteiger partial charge in [-0.25, -0.2) is 4.79 Å². The molecule has 4 atom stereocenters. The number of hydrogen-bond donors (Lipinski definition) is 1. The molecule has 6 nitrogen and oxygen atoms in total. The van der Waals surface area contributed by atoms with E-state index in [-0.39, 0.29) is 5.41 Å². The van der Waals surface area contributed by atoms with Crippen molar-refractivity contribution in [2.24, 2.45) is 11.3 Å². The molecule has 1 aliphatic carbocycles. The summed E-state index contributed by atoms with van der Waals surface area (Å²) in [6.07, 6.45) is 6.60. The number of hydrogen-bond acceptors (Lipinski definition) is 3. The van der Waals surface area contributed by atoms with Crippen molar-refractivity contribution in [3.05, 3.63) is 0 Å². The van der Waals surface area contributed by atoms with Crippen LogP contribution < -0.4 is 0 Å². The first-order valence-electron chi connectivity index (χ1n) is 10.5. The van der Waals surface area contributed by atoms with E-state index in [1.165, 1.54) is 0 Å². The van der Waals surface area contributed by atoms with E-state index in [1.807, 2.05) is 0 Å². The largest absolute Gasteiger partial charge is 0.465 e. The van der Waals surface area contributed by atoms with E-state index in [4.69, 9.17) is 0 Å². The lowest BCUT2D eigenvalue weighted by Crippen LogP contribution is -2.64. The number of carbonyl (C=O) groups is 2. The van der Waals surface area contributed by atoms with Gasteiger partial charge in [-0.1, -0.05) is 20.3 Å². The Balaban J connectivity index is 1.33. The minimum Gasteiger partial charge on any atom is -0.465 e. The highest BCUT2D eigenvalue weighted by molar-refractivity contribution is 5.83. The lowest BCUT2D eigenvalue weighted by molar-refractivity contribution is -0.153. The van der Waals surface area contributed by atoms with Crippen molar-refractivity contribution in [3.8, 4) is 0 Å². The second kappa shape index (κ2) is 6.70. The molecule has 146 valence electrons. The number of nitrogens with zero attached hydrogens (tertiary/aromatic N) is 3. The number of β-lactam (4-membered cyclic amide) rings is 1. The van der Waals surface area contributed by atoms with Gasteiger partial charge >= 0.3 is 6.09 Å². The van der Waals surface area contributed by atoms with Crippen LogP contribution in [0, 0.1) is 11.3 Å². The van der Waals surface area contributed by atoms with E-state index < -0.39 is 6.09 Å². The SMILES string of the molecule is CCC1C(N2CCC(N3C(=O)C[C@@H]3CC)CC2)CC12CCN(C(=O)O)C2. The molecule has 6 heteroatoms. The lowest BCUT2D eigenvalue weighted by Gasteiger charge is -2.59. The predicted octanol–water partition coefficient (Wildman–Crippen LogP) is 2.63. The van der Waals surface area contributed by atoms with Gasteiger partial charge in [0.05, 0.1) is 0 Å². The Bertz CT molecular complexity index is 575. The van der Waals surface area contributed by atoms with Crippen molar-refractivity contribution in [3.63, 3.8) is 0 Å². The van der Waals surface area contributed by atoms with Crippen LogP contribution in [0.3, 0.4) is 0 Å². The van der Waals surface area contributed by atoms with E-state index in [0.717, 1.165) is 64.6 Å². The monoisotopic (exact) mass is 363 g/mol. The Morgan fingerprint density at radius 3 is 2.46 bits per heavy atom. The van der Waals surface area contributed by atoms with Crippen LogP contribution in [0.5, 0.6) is 0 Å². The van der Waals surface area contributed by atoms with E-state index in [9.17, 15) is 14.7 Å². The standard InChI is InChI=1S/C20H33N3O3/c1-3-14-11-18(24)23(14)15-5-8-21(9-6-15)17-12-20(16(17)4-2)7-10-22(13-20)19(25)26/h14-17H,3-13H2,1-2H3,(H,25,26)/t14-,16?,17?,20?/m0/s1. The average molecular weight is 364 g/mol. The van der Waals surface area contributed by atoms with Gasteiger partial charge in [0.15, 0.2) is 0 Å². The highest BCUT2D eigenvalue weighted by Crippen LogP contribution is 2.56. The van der Waals surface area contributed by atoms with Crippen molar-refractivity contribution < 1.29 is 14.7 Å². The Morgan fingerprint density at radius 1 is 1.19 bits per heavy atom. The maximum atomic E-state index is 12.0. The zero-order chi connectivity index (χ0) is 18.5. The van der Waals surface area contributed by atoms with Gasteiger partial charge in [0, 0.05) is 50.7 Å². The van der Waals surface area contributed by atoms with Crippen LogP contribution in [-0.4, -0.2) is 76.1 Å². The fourth-order valence-electron chi connectivity index (χ4n) is 6.41. The van der Waals surface area contributed by atoms with E-state index in [0.29, 0.717) is 36.5 Å². The molecule has 1 saturated carbocycles. The molecule has 4 aliphatic rings. The molecule has 26 heavy (non-hydrogen) atoms. The van der Waals surface area contributed by atoms with Crippen LogP contribution >= 0.6 is 0 Å². The normalized spacial score (nSPS) is 38.5. The van der Waals surface area contributed by atoms with Crippen LogP contribution in [0.15, 0.2) is 0 Å². The van der Waals surface area contributed by atoms with Crippen LogP contribution in [0.25, 0.3) is 0 Å². The van der Waals surface area contributed by atoms with Gasteiger partial charge in [0.25, 0.3) is 0 Å². The van der Waals surface area contributed by atoms with E-state index in [1.54, 1.807) is 4.90 Å². The maximum Gasteiger partial charge on any atom is 0.407 e. The first kappa shape index (κ1) is 18.1. The maximum absolute atomic E-state index is 12.0. The number of rotatable bonds is 4. The number of amides is 2. The molecule has 0 bridgehead atoms. The van der Waals surface area contributed by atoms with Crippen LogP contribution in [-0.2, 0) is 4.79 Å². The molecule has 0 aromatic heterocycles. The molecule has 3 saturated heterocycles. The van der Waals surface area contributed by atoms with E-state index in [2.05, 4.69) is 23.6 Å². The summed E-state index contributed by atoms with van der Waals surface area (Å²) in [6.45, 7) is 8.06. The molecule has 0 aromatic rings. The average Bonchev–Trinajstić information content (AvgIpc) is 3.06. The predicted molar refractivity (Wildman–Crippen MR) is 99.0 cm³/mol. The molecule has 3 unspecified atom stereocenters. The zero-order valence-electron chi connectivity index (χ0n) is 16.2. The molecule has 1 N–H and O–H groups in total. The third-order valence-electron chi connectivity index (χ3n) is 7.89. The number of piperidine rings is 1. The van der Waals surface area contributed by atoms with Crippen molar-refractivity contribution in [1.82, 2.24) is 14.7 Å². The Morgan fingerprint density at radius 2 is 1.92 bits per heavy atom. The molecular formula is C20H33N3O3. The molecule has 4 fully saturated rings. The van der Waals surface area contributed by atoms with E-state index >= 15 is 0 Å². The fraction of sp³-hybridized carbons (Fsp3) is 0.900. The molecular weight excluding hydrogens is 330 g/mol. The molecule has 0 aromatic carbocycles. The highest BCUT2D eigenvalue weighted by atomic mass is 16.4. The van der Waals surface area contributed by atoms with Crippen LogP contribution in [0.2, 0.25) is 0 Å². The van der Waals surface area contributed by atoms with Crippen molar-refractivity contribution >= 4 is 12.0 Å². The van der Waals surface area contributed by atoms with Gasteiger partial charge in [-0.05, 0) is 43.4 Å².